The zero-order valence-electron chi connectivity index (χ0n) is 10.3. The summed E-state index contributed by atoms with van der Waals surface area (Å²) in [6, 6.07) is 16.3. The van der Waals surface area contributed by atoms with Gasteiger partial charge in [-0.3, -0.25) is 0 Å². The summed E-state index contributed by atoms with van der Waals surface area (Å²) in [6.45, 7) is 2.02. The molecular weight excluding hydrogens is 369 g/mol. The average molecular weight is 380 g/mol. The topological polar surface area (TPSA) is 12.9 Å². The molecular formula is C16H11ClIN. The number of hydrogen-bond acceptors (Lipinski definition) is 1. The molecule has 0 N–H and O–H groups in total. The molecule has 0 aliphatic rings. The number of benzene rings is 2. The Hall–Kier alpha value is -1.13. The number of halogens is 2. The van der Waals surface area contributed by atoms with Crippen molar-refractivity contribution < 1.29 is 0 Å². The first-order valence-electron chi connectivity index (χ1n) is 5.97. The third-order valence-electron chi connectivity index (χ3n) is 3.16. The Labute approximate surface area is 130 Å². The Kier molecular flexibility index (Phi) is 3.46. The minimum atomic E-state index is 0.794. The van der Waals surface area contributed by atoms with Gasteiger partial charge in [0.25, 0.3) is 0 Å². The van der Waals surface area contributed by atoms with E-state index < -0.39 is 0 Å². The second-order valence-electron chi connectivity index (χ2n) is 4.43. The molecule has 0 fully saturated rings. The quantitative estimate of drug-likeness (QED) is 0.511. The standard InChI is InChI=1S/C16H11ClIN/c1-10-15(17)13-9-12(18)7-8-14(13)19-16(10)11-5-3-2-4-6-11/h2-9H,1H3. The summed E-state index contributed by atoms with van der Waals surface area (Å²) in [7, 11) is 0. The van der Waals surface area contributed by atoms with Gasteiger partial charge in [0.2, 0.25) is 0 Å². The summed E-state index contributed by atoms with van der Waals surface area (Å²) in [4.78, 5) is 4.76. The largest absolute Gasteiger partial charge is 0.247 e. The number of pyridine rings is 1. The molecule has 19 heavy (non-hydrogen) atoms. The zero-order chi connectivity index (χ0) is 13.4. The molecule has 3 aromatic rings. The van der Waals surface area contributed by atoms with Gasteiger partial charge >= 0.3 is 0 Å². The van der Waals surface area contributed by atoms with Crippen LogP contribution in [0.15, 0.2) is 48.5 Å². The highest BCUT2D eigenvalue weighted by atomic mass is 127. The van der Waals surface area contributed by atoms with E-state index in [1.165, 1.54) is 3.57 Å². The van der Waals surface area contributed by atoms with E-state index in [0.29, 0.717) is 0 Å². The Morgan fingerprint density at radius 1 is 1.05 bits per heavy atom. The first-order valence-corrected chi connectivity index (χ1v) is 7.43. The lowest BCUT2D eigenvalue weighted by molar-refractivity contribution is 1.33. The Balaban J connectivity index is 2.34. The van der Waals surface area contributed by atoms with Crippen LogP contribution in [0.25, 0.3) is 22.2 Å². The molecule has 0 atom stereocenters. The molecule has 0 saturated heterocycles. The summed E-state index contributed by atoms with van der Waals surface area (Å²) in [5, 5.41) is 1.81. The molecule has 1 aromatic heterocycles. The van der Waals surface area contributed by atoms with Gasteiger partial charge in [0.05, 0.1) is 16.2 Å². The predicted octanol–water partition coefficient (Wildman–Crippen LogP) is 5.47. The number of nitrogens with zero attached hydrogens (tertiary/aromatic N) is 1. The van der Waals surface area contributed by atoms with E-state index in [1.54, 1.807) is 0 Å². The van der Waals surface area contributed by atoms with E-state index in [4.69, 9.17) is 16.6 Å². The second-order valence-corrected chi connectivity index (χ2v) is 6.05. The lowest BCUT2D eigenvalue weighted by Gasteiger charge is -2.10. The van der Waals surface area contributed by atoms with Crippen molar-refractivity contribution in [2.45, 2.75) is 6.92 Å². The number of hydrogen-bond donors (Lipinski definition) is 0. The third-order valence-corrected chi connectivity index (χ3v) is 4.32. The molecule has 2 aromatic carbocycles. The van der Waals surface area contributed by atoms with Gasteiger partial charge in [-0.25, -0.2) is 4.98 Å². The van der Waals surface area contributed by atoms with Crippen molar-refractivity contribution in [3.8, 4) is 11.3 Å². The van der Waals surface area contributed by atoms with Crippen LogP contribution in [0.5, 0.6) is 0 Å². The Morgan fingerprint density at radius 3 is 2.53 bits per heavy atom. The van der Waals surface area contributed by atoms with Crippen LogP contribution in [0.2, 0.25) is 5.02 Å². The van der Waals surface area contributed by atoms with Crippen LogP contribution < -0.4 is 0 Å². The molecule has 0 bridgehead atoms. The maximum Gasteiger partial charge on any atom is 0.0753 e. The molecule has 3 heteroatoms. The van der Waals surface area contributed by atoms with Gasteiger partial charge < -0.3 is 0 Å². The molecule has 94 valence electrons. The van der Waals surface area contributed by atoms with E-state index in [9.17, 15) is 0 Å². The SMILES string of the molecule is Cc1c(-c2ccccc2)nc2ccc(I)cc2c1Cl. The monoisotopic (exact) mass is 379 g/mol. The van der Waals surface area contributed by atoms with Crippen LogP contribution in [0, 0.1) is 10.5 Å². The molecule has 0 saturated carbocycles. The van der Waals surface area contributed by atoms with Gasteiger partial charge in [0.1, 0.15) is 0 Å². The average Bonchev–Trinajstić information content (AvgIpc) is 2.44. The van der Waals surface area contributed by atoms with E-state index in [-0.39, 0.29) is 0 Å². The van der Waals surface area contributed by atoms with Crippen LogP contribution in [0.3, 0.4) is 0 Å². The van der Waals surface area contributed by atoms with Crippen molar-refractivity contribution in [2.75, 3.05) is 0 Å². The lowest BCUT2D eigenvalue weighted by atomic mass is 10.0. The van der Waals surface area contributed by atoms with Gasteiger partial charge in [0, 0.05) is 14.5 Å². The van der Waals surface area contributed by atoms with Crippen molar-refractivity contribution in [1.82, 2.24) is 4.98 Å². The fourth-order valence-corrected chi connectivity index (χ4v) is 2.90. The van der Waals surface area contributed by atoms with Crippen molar-refractivity contribution in [3.63, 3.8) is 0 Å². The first kappa shape index (κ1) is 12.9. The van der Waals surface area contributed by atoms with Crippen molar-refractivity contribution in [1.29, 1.82) is 0 Å². The van der Waals surface area contributed by atoms with Gasteiger partial charge in [0.15, 0.2) is 0 Å². The maximum atomic E-state index is 6.51. The van der Waals surface area contributed by atoms with Gasteiger partial charge in [-0.05, 0) is 53.3 Å². The molecule has 0 amide bonds. The van der Waals surface area contributed by atoms with Gasteiger partial charge in [-0.1, -0.05) is 41.9 Å². The van der Waals surface area contributed by atoms with Crippen molar-refractivity contribution >= 4 is 45.1 Å². The van der Waals surface area contributed by atoms with E-state index in [0.717, 1.165) is 32.7 Å². The molecule has 0 unspecified atom stereocenters. The second kappa shape index (κ2) is 5.10. The number of fused-ring (bicyclic) bond motifs is 1. The van der Waals surface area contributed by atoms with Crippen molar-refractivity contribution in [2.24, 2.45) is 0 Å². The Morgan fingerprint density at radius 2 is 1.79 bits per heavy atom. The van der Waals surface area contributed by atoms with Gasteiger partial charge in [-0.2, -0.15) is 0 Å². The molecule has 1 heterocycles. The van der Waals surface area contributed by atoms with Crippen LogP contribution in [-0.2, 0) is 0 Å². The number of aromatic nitrogens is 1. The minimum absolute atomic E-state index is 0.794. The van der Waals surface area contributed by atoms with Crippen LogP contribution in [-0.4, -0.2) is 4.98 Å². The minimum Gasteiger partial charge on any atom is -0.247 e. The highest BCUT2D eigenvalue weighted by Crippen LogP contribution is 2.33. The summed E-state index contributed by atoms with van der Waals surface area (Å²) < 4.78 is 1.17. The van der Waals surface area contributed by atoms with E-state index in [1.807, 2.05) is 31.2 Å². The molecule has 0 aliphatic heterocycles. The smallest absolute Gasteiger partial charge is 0.0753 e. The highest BCUT2D eigenvalue weighted by molar-refractivity contribution is 14.1. The molecule has 0 aliphatic carbocycles. The predicted molar refractivity (Wildman–Crippen MR) is 89.6 cm³/mol. The fraction of sp³-hybridized carbons (Fsp3) is 0.0625. The van der Waals surface area contributed by atoms with E-state index >= 15 is 0 Å². The molecule has 1 nitrogen and oxygen atoms in total. The van der Waals surface area contributed by atoms with E-state index in [2.05, 4.69) is 46.9 Å². The fourth-order valence-electron chi connectivity index (χ4n) is 2.17. The first-order chi connectivity index (χ1) is 9.16. The summed E-state index contributed by atoms with van der Waals surface area (Å²) in [6.07, 6.45) is 0. The maximum absolute atomic E-state index is 6.51. The summed E-state index contributed by atoms with van der Waals surface area (Å²) >= 11 is 8.80. The summed E-state index contributed by atoms with van der Waals surface area (Å²) in [5.74, 6) is 0. The Bertz CT molecular complexity index is 754. The van der Waals surface area contributed by atoms with Crippen LogP contribution >= 0.6 is 34.2 Å². The zero-order valence-corrected chi connectivity index (χ0v) is 13.2. The molecule has 3 rings (SSSR count). The lowest BCUT2D eigenvalue weighted by Crippen LogP contribution is -1.92. The van der Waals surface area contributed by atoms with Crippen LogP contribution in [0.4, 0.5) is 0 Å². The van der Waals surface area contributed by atoms with Gasteiger partial charge in [-0.15, -0.1) is 0 Å². The highest BCUT2D eigenvalue weighted by Gasteiger charge is 2.11. The third kappa shape index (κ3) is 2.35. The summed E-state index contributed by atoms with van der Waals surface area (Å²) in [5.41, 5.74) is 4.03. The van der Waals surface area contributed by atoms with Crippen LogP contribution in [0.1, 0.15) is 5.56 Å². The molecule has 0 spiro atoms. The molecule has 0 radical (unpaired) electrons. The number of rotatable bonds is 1. The normalized spacial score (nSPS) is 10.9. The van der Waals surface area contributed by atoms with Crippen molar-refractivity contribution in [3.05, 3.63) is 62.7 Å².